The summed E-state index contributed by atoms with van der Waals surface area (Å²) < 4.78 is 18.6. The smallest absolute Gasteiger partial charge is 0.257 e. The molecule has 3 heterocycles. The summed E-state index contributed by atoms with van der Waals surface area (Å²) in [5.41, 5.74) is 0.354. The molecule has 1 aromatic carbocycles. The Morgan fingerprint density at radius 2 is 1.83 bits per heavy atom. The van der Waals surface area contributed by atoms with Crippen molar-refractivity contribution >= 4 is 5.91 Å². The summed E-state index contributed by atoms with van der Waals surface area (Å²) in [7, 11) is 0. The van der Waals surface area contributed by atoms with Gasteiger partial charge in [-0.1, -0.05) is 24.9 Å². The minimum atomic E-state index is -0.339. The van der Waals surface area contributed by atoms with Crippen LogP contribution in [0.15, 0.2) is 28.8 Å². The third-order valence-corrected chi connectivity index (χ3v) is 6.16. The van der Waals surface area contributed by atoms with Crippen molar-refractivity contribution in [3.63, 3.8) is 0 Å². The number of benzene rings is 1. The van der Waals surface area contributed by atoms with Crippen LogP contribution in [-0.4, -0.2) is 58.6 Å². The number of rotatable bonds is 4. The van der Waals surface area contributed by atoms with Crippen LogP contribution >= 0.6 is 0 Å². The minimum Gasteiger partial charge on any atom is -0.341 e. The average molecular weight is 400 g/mol. The lowest BCUT2D eigenvalue weighted by Crippen LogP contribution is -2.50. The van der Waals surface area contributed by atoms with Crippen molar-refractivity contribution in [2.24, 2.45) is 0 Å². The molecule has 156 valence electrons. The minimum absolute atomic E-state index is 0.195. The van der Waals surface area contributed by atoms with Gasteiger partial charge in [-0.25, -0.2) is 4.39 Å². The topological polar surface area (TPSA) is 62.5 Å². The van der Waals surface area contributed by atoms with Gasteiger partial charge in [0.1, 0.15) is 5.82 Å². The molecule has 1 amide bonds. The maximum Gasteiger partial charge on any atom is 0.257 e. The SMILES string of the molecule is CC1(c2noc(-c3ccc(F)cc3)n2)CCCN(C(=O)CN2CCCCCC2)C1. The largest absolute Gasteiger partial charge is 0.341 e. The lowest BCUT2D eigenvalue weighted by Gasteiger charge is -2.39. The van der Waals surface area contributed by atoms with Crippen molar-refractivity contribution in [1.82, 2.24) is 19.9 Å². The third kappa shape index (κ3) is 4.66. The van der Waals surface area contributed by atoms with E-state index in [4.69, 9.17) is 4.52 Å². The van der Waals surface area contributed by atoms with E-state index in [-0.39, 0.29) is 17.1 Å². The van der Waals surface area contributed by atoms with Crippen molar-refractivity contribution in [1.29, 1.82) is 0 Å². The lowest BCUT2D eigenvalue weighted by molar-refractivity contribution is -0.134. The van der Waals surface area contributed by atoms with Crippen LogP contribution in [0.25, 0.3) is 11.5 Å². The van der Waals surface area contributed by atoms with Crippen LogP contribution in [0.1, 0.15) is 51.3 Å². The predicted octanol–water partition coefficient (Wildman–Crippen LogP) is 3.63. The van der Waals surface area contributed by atoms with E-state index in [1.54, 1.807) is 12.1 Å². The molecular formula is C22H29FN4O2. The number of amides is 1. The van der Waals surface area contributed by atoms with Gasteiger partial charge in [0.05, 0.1) is 6.54 Å². The number of hydrogen-bond acceptors (Lipinski definition) is 5. The zero-order valence-electron chi connectivity index (χ0n) is 17.1. The van der Waals surface area contributed by atoms with Crippen LogP contribution in [0.4, 0.5) is 4.39 Å². The van der Waals surface area contributed by atoms with E-state index in [0.717, 1.165) is 32.5 Å². The molecule has 1 unspecified atom stereocenters. The van der Waals surface area contributed by atoms with Gasteiger partial charge in [-0.15, -0.1) is 0 Å². The van der Waals surface area contributed by atoms with Crippen molar-refractivity contribution in [3.05, 3.63) is 35.9 Å². The van der Waals surface area contributed by atoms with E-state index >= 15 is 0 Å². The molecule has 0 bridgehead atoms. The fourth-order valence-electron chi connectivity index (χ4n) is 4.40. The van der Waals surface area contributed by atoms with E-state index < -0.39 is 0 Å². The lowest BCUT2D eigenvalue weighted by atomic mass is 9.81. The highest BCUT2D eigenvalue weighted by atomic mass is 19.1. The number of likely N-dealkylation sites (tertiary alicyclic amines) is 2. The molecule has 4 rings (SSSR count). The summed E-state index contributed by atoms with van der Waals surface area (Å²) in [5.74, 6) is 0.893. The molecule has 6 nitrogen and oxygen atoms in total. The van der Waals surface area contributed by atoms with E-state index in [1.807, 2.05) is 4.90 Å². The summed E-state index contributed by atoms with van der Waals surface area (Å²) in [6.45, 7) is 6.01. The second-order valence-corrected chi connectivity index (χ2v) is 8.60. The number of carbonyl (C=O) groups is 1. The van der Waals surface area contributed by atoms with Crippen LogP contribution in [0.3, 0.4) is 0 Å². The van der Waals surface area contributed by atoms with E-state index in [0.29, 0.717) is 30.4 Å². The van der Waals surface area contributed by atoms with Gasteiger partial charge in [0.25, 0.3) is 5.89 Å². The van der Waals surface area contributed by atoms with Gasteiger partial charge in [-0.3, -0.25) is 9.69 Å². The van der Waals surface area contributed by atoms with Crippen LogP contribution in [0, 0.1) is 5.82 Å². The summed E-state index contributed by atoms with van der Waals surface area (Å²) in [5, 5.41) is 4.20. The highest BCUT2D eigenvalue weighted by molar-refractivity contribution is 5.78. The zero-order valence-corrected chi connectivity index (χ0v) is 17.1. The zero-order chi connectivity index (χ0) is 20.3. The fraction of sp³-hybridized carbons (Fsp3) is 0.591. The average Bonchev–Trinajstić information content (AvgIpc) is 3.09. The Balaban J connectivity index is 1.44. The van der Waals surface area contributed by atoms with Crippen LogP contribution in [-0.2, 0) is 10.2 Å². The van der Waals surface area contributed by atoms with Crippen molar-refractivity contribution in [3.8, 4) is 11.5 Å². The molecule has 0 N–H and O–H groups in total. The van der Waals surface area contributed by atoms with Gasteiger partial charge >= 0.3 is 0 Å². The van der Waals surface area contributed by atoms with Gasteiger partial charge in [-0.05, 0) is 63.0 Å². The molecule has 2 aliphatic rings. The molecule has 0 saturated carbocycles. The maximum atomic E-state index is 13.2. The Kier molecular flexibility index (Phi) is 5.94. The standard InChI is InChI=1S/C22H29FN4O2/c1-22(21-24-20(29-25-21)17-7-9-18(23)10-8-17)11-6-14-27(16-22)19(28)15-26-12-4-2-3-5-13-26/h7-10H,2-6,11-16H2,1H3. The molecule has 7 heteroatoms. The van der Waals surface area contributed by atoms with Gasteiger partial charge in [0.15, 0.2) is 5.82 Å². The number of hydrogen-bond donors (Lipinski definition) is 0. The first kappa shape index (κ1) is 20.0. The number of piperidine rings is 1. The summed E-state index contributed by atoms with van der Waals surface area (Å²) in [4.78, 5) is 21.8. The van der Waals surface area contributed by atoms with Crippen molar-refractivity contribution < 1.29 is 13.7 Å². The normalized spacial score (nSPS) is 23.7. The molecule has 2 aromatic rings. The van der Waals surface area contributed by atoms with E-state index in [1.165, 1.54) is 37.8 Å². The number of aromatic nitrogens is 2. The molecule has 0 radical (unpaired) electrons. The van der Waals surface area contributed by atoms with Crippen LogP contribution < -0.4 is 0 Å². The molecule has 0 aliphatic carbocycles. The second kappa shape index (κ2) is 8.61. The monoisotopic (exact) mass is 400 g/mol. The molecule has 1 atom stereocenters. The predicted molar refractivity (Wildman–Crippen MR) is 108 cm³/mol. The number of nitrogens with zero attached hydrogens (tertiary/aromatic N) is 4. The van der Waals surface area contributed by atoms with Gasteiger partial charge < -0.3 is 9.42 Å². The highest BCUT2D eigenvalue weighted by Crippen LogP contribution is 2.33. The van der Waals surface area contributed by atoms with Gasteiger partial charge in [0, 0.05) is 24.1 Å². The molecule has 2 fully saturated rings. The summed E-state index contributed by atoms with van der Waals surface area (Å²) >= 11 is 0. The maximum absolute atomic E-state index is 13.2. The Labute approximate surface area is 171 Å². The molecule has 2 saturated heterocycles. The molecule has 1 aromatic heterocycles. The van der Waals surface area contributed by atoms with Crippen LogP contribution in [0.2, 0.25) is 0 Å². The fourth-order valence-corrected chi connectivity index (χ4v) is 4.40. The first-order valence-corrected chi connectivity index (χ1v) is 10.6. The molecule has 0 spiro atoms. The third-order valence-electron chi connectivity index (χ3n) is 6.16. The van der Waals surface area contributed by atoms with E-state index in [9.17, 15) is 9.18 Å². The Morgan fingerprint density at radius 1 is 1.10 bits per heavy atom. The quantitative estimate of drug-likeness (QED) is 0.784. The number of carbonyl (C=O) groups excluding carboxylic acids is 1. The molecule has 29 heavy (non-hydrogen) atoms. The van der Waals surface area contributed by atoms with Crippen molar-refractivity contribution in [2.45, 2.75) is 50.9 Å². The Bertz CT molecular complexity index is 830. The van der Waals surface area contributed by atoms with Gasteiger partial charge in [0.2, 0.25) is 5.91 Å². The first-order valence-electron chi connectivity index (χ1n) is 10.6. The highest BCUT2D eigenvalue weighted by Gasteiger charge is 2.38. The van der Waals surface area contributed by atoms with E-state index in [2.05, 4.69) is 22.0 Å². The van der Waals surface area contributed by atoms with Crippen LogP contribution in [0.5, 0.6) is 0 Å². The number of halogens is 1. The summed E-state index contributed by atoms with van der Waals surface area (Å²) in [6.07, 6.45) is 6.72. The second-order valence-electron chi connectivity index (χ2n) is 8.60. The molecule has 2 aliphatic heterocycles. The van der Waals surface area contributed by atoms with Crippen molar-refractivity contribution in [2.75, 3.05) is 32.7 Å². The summed E-state index contributed by atoms with van der Waals surface area (Å²) in [6, 6.07) is 6.02. The molecular weight excluding hydrogens is 371 g/mol. The Hall–Kier alpha value is -2.28. The Morgan fingerprint density at radius 3 is 2.55 bits per heavy atom. The van der Waals surface area contributed by atoms with Gasteiger partial charge in [-0.2, -0.15) is 4.98 Å². The first-order chi connectivity index (χ1) is 14.0.